The fourth-order valence-corrected chi connectivity index (χ4v) is 5.08. The van der Waals surface area contributed by atoms with Crippen LogP contribution in [-0.2, 0) is 43.5 Å². The molecule has 0 saturated carbocycles. The molecule has 1 aliphatic heterocycles. The zero-order valence-electron chi connectivity index (χ0n) is 24.2. The lowest BCUT2D eigenvalue weighted by Crippen LogP contribution is -2.60. The Labute approximate surface area is 240 Å². The molecule has 1 heterocycles. The zero-order chi connectivity index (χ0) is 27.8. The van der Waals surface area contributed by atoms with Crippen LogP contribution in [0.2, 0.25) is 0 Å². The summed E-state index contributed by atoms with van der Waals surface area (Å²) in [5.41, 5.74) is 3.31. The van der Waals surface area contributed by atoms with Gasteiger partial charge in [0.15, 0.2) is 6.29 Å². The average molecular weight is 547 g/mol. The number of unbranched alkanes of at least 4 members (excludes halogenated alkanes) is 5. The van der Waals surface area contributed by atoms with Gasteiger partial charge in [-0.25, -0.2) is 0 Å². The monoisotopic (exact) mass is 546 g/mol. The molecule has 0 spiro atoms. The van der Waals surface area contributed by atoms with Crippen molar-refractivity contribution in [3.05, 3.63) is 108 Å². The number of ether oxygens (including phenoxy) is 5. The van der Waals surface area contributed by atoms with Crippen molar-refractivity contribution in [2.24, 2.45) is 0 Å². The van der Waals surface area contributed by atoms with E-state index < -0.39 is 12.4 Å². The highest BCUT2D eigenvalue weighted by molar-refractivity contribution is 5.15. The summed E-state index contributed by atoms with van der Waals surface area (Å²) in [6.07, 6.45) is 5.35. The molecular weight excluding hydrogens is 500 g/mol. The molecule has 0 radical (unpaired) electrons. The van der Waals surface area contributed by atoms with Gasteiger partial charge >= 0.3 is 0 Å². The topological polar surface area (TPSA) is 46.2 Å². The molecule has 0 aromatic heterocycles. The summed E-state index contributed by atoms with van der Waals surface area (Å²) in [5.74, 6) is 0. The lowest BCUT2D eigenvalue weighted by Gasteiger charge is -2.45. The molecule has 40 heavy (non-hydrogen) atoms. The van der Waals surface area contributed by atoms with E-state index in [0.29, 0.717) is 26.4 Å². The summed E-state index contributed by atoms with van der Waals surface area (Å²) in [7, 11) is 0. The van der Waals surface area contributed by atoms with Crippen molar-refractivity contribution in [3.8, 4) is 0 Å². The fourth-order valence-electron chi connectivity index (χ4n) is 5.08. The molecule has 3 aromatic rings. The van der Waals surface area contributed by atoms with E-state index in [1.54, 1.807) is 0 Å². The Bertz CT molecular complexity index is 1050. The van der Waals surface area contributed by atoms with Gasteiger partial charge in [-0.2, -0.15) is 0 Å². The smallest absolute Gasteiger partial charge is 0.186 e. The number of hydrogen-bond acceptors (Lipinski definition) is 5. The van der Waals surface area contributed by atoms with E-state index in [9.17, 15) is 0 Å². The molecule has 0 N–H and O–H groups in total. The summed E-state index contributed by atoms with van der Waals surface area (Å²) >= 11 is 0. The molecule has 216 valence electrons. The second kappa shape index (κ2) is 17.3. The van der Waals surface area contributed by atoms with Gasteiger partial charge in [0.25, 0.3) is 0 Å². The molecule has 0 bridgehead atoms. The maximum Gasteiger partial charge on any atom is 0.186 e. The first-order valence-electron chi connectivity index (χ1n) is 15.0. The van der Waals surface area contributed by atoms with Gasteiger partial charge in [0.1, 0.15) is 18.3 Å². The Morgan fingerprint density at radius 1 is 0.525 bits per heavy atom. The van der Waals surface area contributed by atoms with Crippen molar-refractivity contribution in [3.63, 3.8) is 0 Å². The van der Waals surface area contributed by atoms with Gasteiger partial charge in [0.05, 0.1) is 25.9 Å². The van der Waals surface area contributed by atoms with E-state index in [4.69, 9.17) is 23.7 Å². The van der Waals surface area contributed by atoms with Gasteiger partial charge in [0.2, 0.25) is 0 Å². The Kier molecular flexibility index (Phi) is 13.2. The molecule has 3 aromatic carbocycles. The van der Waals surface area contributed by atoms with Crippen molar-refractivity contribution in [1.82, 2.24) is 0 Å². The molecule has 0 aliphatic carbocycles. The van der Waals surface area contributed by atoms with Crippen LogP contribution in [0, 0.1) is 0 Å². The van der Waals surface area contributed by atoms with Crippen LogP contribution < -0.4 is 0 Å². The fraction of sp³-hybridized carbons (Fsp3) is 0.486. The molecule has 5 nitrogen and oxygen atoms in total. The van der Waals surface area contributed by atoms with E-state index in [1.165, 1.54) is 25.7 Å². The summed E-state index contributed by atoms with van der Waals surface area (Å²) in [6, 6.07) is 30.7. The zero-order valence-corrected chi connectivity index (χ0v) is 24.2. The third-order valence-electron chi connectivity index (χ3n) is 7.36. The number of benzene rings is 3. The minimum Gasteiger partial charge on any atom is -0.368 e. The van der Waals surface area contributed by atoms with Crippen molar-refractivity contribution in [2.75, 3.05) is 6.61 Å². The maximum absolute atomic E-state index is 6.63. The van der Waals surface area contributed by atoms with Crippen LogP contribution in [0.4, 0.5) is 0 Å². The molecule has 5 heteroatoms. The van der Waals surface area contributed by atoms with Crippen LogP contribution in [-0.4, -0.2) is 37.3 Å². The minimum atomic E-state index is -0.535. The van der Waals surface area contributed by atoms with Crippen molar-refractivity contribution in [1.29, 1.82) is 0 Å². The molecule has 0 amide bonds. The SMILES string of the molecule is CCCCCCCCO[C@@H]1O[C@@H](C)[C@@H](OCc2ccccc2)[C@@H](OCc2ccccc2)[C@@H]1OCc1ccccc1. The van der Waals surface area contributed by atoms with Gasteiger partial charge in [-0.3, -0.25) is 0 Å². The molecule has 1 fully saturated rings. The van der Waals surface area contributed by atoms with E-state index in [0.717, 1.165) is 29.5 Å². The summed E-state index contributed by atoms with van der Waals surface area (Å²) in [6.45, 7) is 6.29. The Balaban J connectivity index is 1.49. The summed E-state index contributed by atoms with van der Waals surface area (Å²) < 4.78 is 32.5. The predicted octanol–water partition coefficient (Wildman–Crippen LogP) is 7.86. The summed E-state index contributed by atoms with van der Waals surface area (Å²) in [4.78, 5) is 0. The lowest BCUT2D eigenvalue weighted by atomic mass is 9.98. The largest absolute Gasteiger partial charge is 0.368 e. The van der Waals surface area contributed by atoms with Gasteiger partial charge in [-0.1, -0.05) is 130 Å². The highest BCUT2D eigenvalue weighted by Crippen LogP contribution is 2.31. The molecule has 1 aliphatic rings. The highest BCUT2D eigenvalue weighted by Gasteiger charge is 2.47. The van der Waals surface area contributed by atoms with Crippen molar-refractivity contribution in [2.45, 2.75) is 103 Å². The first-order chi connectivity index (χ1) is 19.7. The standard InChI is InChI=1S/C35H46O5/c1-3-4-5-6-7-17-24-36-35-34(39-27-31-22-15-10-16-23-31)33(38-26-30-20-13-9-14-21-30)32(28(2)40-35)37-25-29-18-11-8-12-19-29/h8-16,18-23,28,32-35H,3-7,17,24-27H2,1-2H3/t28-,32+,33+,34-,35+/m0/s1. The highest BCUT2D eigenvalue weighted by atomic mass is 16.7. The maximum atomic E-state index is 6.63. The first kappa shape index (κ1) is 30.4. The third kappa shape index (κ3) is 9.83. The first-order valence-corrected chi connectivity index (χ1v) is 15.0. The molecular formula is C35H46O5. The normalized spacial score (nSPS) is 22.8. The van der Waals surface area contributed by atoms with Crippen molar-refractivity contribution < 1.29 is 23.7 Å². The Morgan fingerprint density at radius 2 is 0.975 bits per heavy atom. The van der Waals surface area contributed by atoms with Gasteiger partial charge in [-0.15, -0.1) is 0 Å². The second-order valence-electron chi connectivity index (χ2n) is 10.6. The second-order valence-corrected chi connectivity index (χ2v) is 10.6. The van der Waals surface area contributed by atoms with Gasteiger partial charge in [-0.05, 0) is 30.0 Å². The molecule has 4 rings (SSSR count). The number of hydrogen-bond donors (Lipinski definition) is 0. The van der Waals surface area contributed by atoms with E-state index in [2.05, 4.69) is 43.3 Å². The van der Waals surface area contributed by atoms with Crippen LogP contribution in [0.25, 0.3) is 0 Å². The molecule has 1 saturated heterocycles. The van der Waals surface area contributed by atoms with Crippen LogP contribution >= 0.6 is 0 Å². The van der Waals surface area contributed by atoms with Crippen LogP contribution in [0.15, 0.2) is 91.0 Å². The van der Waals surface area contributed by atoms with E-state index in [1.807, 2.05) is 61.5 Å². The molecule has 5 atom stereocenters. The average Bonchev–Trinajstić information content (AvgIpc) is 3.00. The predicted molar refractivity (Wildman–Crippen MR) is 159 cm³/mol. The van der Waals surface area contributed by atoms with Crippen molar-refractivity contribution >= 4 is 0 Å². The van der Waals surface area contributed by atoms with Crippen LogP contribution in [0.5, 0.6) is 0 Å². The van der Waals surface area contributed by atoms with E-state index in [-0.39, 0.29) is 18.3 Å². The quantitative estimate of drug-likeness (QED) is 0.161. The van der Waals surface area contributed by atoms with Gasteiger partial charge < -0.3 is 23.7 Å². The Morgan fingerprint density at radius 3 is 1.50 bits per heavy atom. The van der Waals surface area contributed by atoms with Crippen LogP contribution in [0.1, 0.15) is 69.1 Å². The third-order valence-corrected chi connectivity index (χ3v) is 7.36. The minimum absolute atomic E-state index is 0.226. The molecule has 0 unspecified atom stereocenters. The Hall–Kier alpha value is -2.54. The number of rotatable bonds is 17. The van der Waals surface area contributed by atoms with Gasteiger partial charge in [0, 0.05) is 6.61 Å². The summed E-state index contributed by atoms with van der Waals surface area (Å²) in [5, 5.41) is 0. The lowest BCUT2D eigenvalue weighted by molar-refractivity contribution is -0.320. The van der Waals surface area contributed by atoms with Crippen LogP contribution in [0.3, 0.4) is 0 Å². The van der Waals surface area contributed by atoms with E-state index >= 15 is 0 Å².